The largest absolute Gasteiger partial charge is 0.370 e. The molecule has 1 aromatic heterocycles. The summed E-state index contributed by atoms with van der Waals surface area (Å²) in [6.45, 7) is 12.1. The van der Waals surface area contributed by atoms with Crippen LogP contribution in [0.5, 0.6) is 0 Å². The van der Waals surface area contributed by atoms with E-state index in [-0.39, 0.29) is 0 Å². The molecule has 0 radical (unpaired) electrons. The first-order valence-electron chi connectivity index (χ1n) is 7.19. The molecule has 1 aromatic rings. The van der Waals surface area contributed by atoms with Gasteiger partial charge >= 0.3 is 0 Å². The Morgan fingerprint density at radius 2 is 1.67 bits per heavy atom. The smallest absolute Gasteiger partial charge is 0.0552 e. The van der Waals surface area contributed by atoms with Crippen molar-refractivity contribution in [3.63, 3.8) is 0 Å². The molecule has 0 aromatic carbocycles. The quantitative estimate of drug-likeness (QED) is 0.832. The summed E-state index contributed by atoms with van der Waals surface area (Å²) < 4.78 is 0. The lowest BCUT2D eigenvalue weighted by Gasteiger charge is -2.31. The average Bonchev–Trinajstić information content (AvgIpc) is 2.45. The summed E-state index contributed by atoms with van der Waals surface area (Å²) in [5.74, 6) is 0. The highest BCUT2D eigenvalue weighted by Crippen LogP contribution is 2.18. The monoisotopic (exact) mass is 251 g/mol. The average molecular weight is 251 g/mol. The van der Waals surface area contributed by atoms with Gasteiger partial charge in [0.15, 0.2) is 0 Å². The number of piperidine rings is 1. The molecule has 1 aliphatic rings. The van der Waals surface area contributed by atoms with E-state index in [4.69, 9.17) is 5.73 Å². The minimum Gasteiger partial charge on any atom is -0.370 e. The zero-order valence-corrected chi connectivity index (χ0v) is 12.6. The van der Waals surface area contributed by atoms with E-state index in [0.717, 1.165) is 31.6 Å². The molecule has 0 saturated carbocycles. The number of nitrogens with two attached hydrogens (primary N) is 1. The van der Waals surface area contributed by atoms with Crippen LogP contribution in [0.4, 0.5) is 5.69 Å². The first kappa shape index (κ1) is 16.9. The molecule has 0 amide bonds. The highest BCUT2D eigenvalue weighted by molar-refractivity contribution is 5.44. The molecule has 104 valence electrons. The van der Waals surface area contributed by atoms with Crippen LogP contribution in [-0.4, -0.2) is 24.1 Å². The van der Waals surface area contributed by atoms with E-state index in [1.165, 1.54) is 5.69 Å². The van der Waals surface area contributed by atoms with E-state index in [1.54, 1.807) is 0 Å². The minimum absolute atomic E-state index is 0.393. The van der Waals surface area contributed by atoms with Crippen molar-refractivity contribution in [2.24, 2.45) is 5.73 Å². The fraction of sp³-hybridized carbons (Fsp3) is 0.667. The highest BCUT2D eigenvalue weighted by atomic mass is 15.1. The molecule has 1 aliphatic heterocycles. The second-order valence-electron chi connectivity index (χ2n) is 3.98. The normalized spacial score (nSPS) is 15.1. The molecule has 1 saturated heterocycles. The van der Waals surface area contributed by atoms with Gasteiger partial charge in [-0.1, -0.05) is 27.7 Å². The number of aryl methyl sites for hydroxylation is 1. The van der Waals surface area contributed by atoms with Crippen molar-refractivity contribution < 1.29 is 0 Å². The fourth-order valence-electron chi connectivity index (χ4n) is 1.80. The van der Waals surface area contributed by atoms with Crippen LogP contribution in [-0.2, 0) is 0 Å². The van der Waals surface area contributed by atoms with Gasteiger partial charge in [-0.25, -0.2) is 0 Å². The zero-order valence-electron chi connectivity index (χ0n) is 12.6. The maximum atomic E-state index is 5.86. The lowest BCUT2D eigenvalue weighted by Crippen LogP contribution is -2.39. The predicted octanol–water partition coefficient (Wildman–Crippen LogP) is 3.37. The molecule has 2 rings (SSSR count). The van der Waals surface area contributed by atoms with Gasteiger partial charge in [-0.15, -0.1) is 0 Å². The summed E-state index contributed by atoms with van der Waals surface area (Å²) in [5.41, 5.74) is 8.15. The van der Waals surface area contributed by atoms with Crippen molar-refractivity contribution in [2.75, 3.05) is 18.0 Å². The van der Waals surface area contributed by atoms with E-state index in [0.29, 0.717) is 6.04 Å². The molecule has 18 heavy (non-hydrogen) atoms. The van der Waals surface area contributed by atoms with Crippen LogP contribution in [0.3, 0.4) is 0 Å². The molecule has 0 spiro atoms. The van der Waals surface area contributed by atoms with E-state index < -0.39 is 0 Å². The summed E-state index contributed by atoms with van der Waals surface area (Å²) in [4.78, 5) is 6.66. The lowest BCUT2D eigenvalue weighted by molar-refractivity contribution is 0.501. The van der Waals surface area contributed by atoms with E-state index in [1.807, 2.05) is 40.8 Å². The Kier molecular flexibility index (Phi) is 9.29. The second kappa shape index (κ2) is 9.89. The van der Waals surface area contributed by atoms with Gasteiger partial charge in [0.25, 0.3) is 0 Å². The van der Waals surface area contributed by atoms with Crippen molar-refractivity contribution in [3.8, 4) is 0 Å². The van der Waals surface area contributed by atoms with E-state index >= 15 is 0 Å². The number of pyridine rings is 1. The third kappa shape index (κ3) is 5.50. The SMILES string of the molecule is CC.CC.Cc1ccc(N2CCC(N)CC2)cn1. The Bertz CT molecular complexity index is 287. The van der Waals surface area contributed by atoms with Gasteiger partial charge in [0.2, 0.25) is 0 Å². The third-order valence-corrected chi connectivity index (χ3v) is 2.80. The predicted molar refractivity (Wildman–Crippen MR) is 81.1 cm³/mol. The van der Waals surface area contributed by atoms with Crippen LogP contribution in [0.25, 0.3) is 0 Å². The van der Waals surface area contributed by atoms with Crippen LogP contribution in [0.2, 0.25) is 0 Å². The van der Waals surface area contributed by atoms with Crippen LogP contribution in [0, 0.1) is 6.92 Å². The van der Waals surface area contributed by atoms with Crippen molar-refractivity contribution in [2.45, 2.75) is 53.5 Å². The molecule has 1 fully saturated rings. The molecule has 0 bridgehead atoms. The van der Waals surface area contributed by atoms with Crippen LogP contribution < -0.4 is 10.6 Å². The number of rotatable bonds is 1. The van der Waals surface area contributed by atoms with Gasteiger partial charge in [-0.2, -0.15) is 0 Å². The molecule has 0 atom stereocenters. The zero-order chi connectivity index (χ0) is 14.0. The number of anilines is 1. The number of nitrogens with zero attached hydrogens (tertiary/aromatic N) is 2. The first-order valence-corrected chi connectivity index (χ1v) is 7.19. The molecular formula is C15H29N3. The summed E-state index contributed by atoms with van der Waals surface area (Å²) in [5, 5.41) is 0. The Morgan fingerprint density at radius 3 is 2.11 bits per heavy atom. The minimum atomic E-state index is 0.393. The van der Waals surface area contributed by atoms with Crippen molar-refractivity contribution >= 4 is 5.69 Å². The van der Waals surface area contributed by atoms with Gasteiger partial charge in [-0.3, -0.25) is 4.98 Å². The Balaban J connectivity index is 0.000000659. The summed E-state index contributed by atoms with van der Waals surface area (Å²) in [7, 11) is 0. The van der Waals surface area contributed by atoms with Crippen LogP contribution in [0.15, 0.2) is 18.3 Å². The van der Waals surface area contributed by atoms with Gasteiger partial charge in [0.1, 0.15) is 0 Å². The Hall–Kier alpha value is -1.09. The van der Waals surface area contributed by atoms with Crippen LogP contribution in [0.1, 0.15) is 46.2 Å². The van der Waals surface area contributed by atoms with Gasteiger partial charge in [0.05, 0.1) is 11.9 Å². The molecule has 2 N–H and O–H groups in total. The number of aromatic nitrogens is 1. The van der Waals surface area contributed by atoms with Crippen LogP contribution >= 0.6 is 0 Å². The lowest BCUT2D eigenvalue weighted by atomic mass is 10.1. The third-order valence-electron chi connectivity index (χ3n) is 2.80. The second-order valence-corrected chi connectivity index (χ2v) is 3.98. The Labute approximate surface area is 112 Å². The molecule has 3 nitrogen and oxygen atoms in total. The number of hydrogen-bond donors (Lipinski definition) is 1. The molecule has 2 heterocycles. The van der Waals surface area contributed by atoms with Crippen molar-refractivity contribution in [1.82, 2.24) is 4.98 Å². The standard InChI is InChI=1S/C11H17N3.2C2H6/c1-9-2-3-11(8-13-9)14-6-4-10(12)5-7-14;2*1-2/h2-3,8,10H,4-7,12H2,1H3;2*1-2H3. The molecule has 3 heteroatoms. The van der Waals surface area contributed by atoms with Crippen molar-refractivity contribution in [1.29, 1.82) is 0 Å². The summed E-state index contributed by atoms with van der Waals surface area (Å²) >= 11 is 0. The van der Waals surface area contributed by atoms with Gasteiger partial charge in [-0.05, 0) is 31.9 Å². The fourth-order valence-corrected chi connectivity index (χ4v) is 1.80. The van der Waals surface area contributed by atoms with Gasteiger partial charge < -0.3 is 10.6 Å². The Morgan fingerprint density at radius 1 is 1.11 bits per heavy atom. The van der Waals surface area contributed by atoms with Gasteiger partial charge in [0, 0.05) is 24.8 Å². The molecule has 0 aliphatic carbocycles. The maximum Gasteiger partial charge on any atom is 0.0552 e. The van der Waals surface area contributed by atoms with Crippen molar-refractivity contribution in [3.05, 3.63) is 24.0 Å². The first-order chi connectivity index (χ1) is 8.75. The maximum absolute atomic E-state index is 5.86. The highest BCUT2D eigenvalue weighted by Gasteiger charge is 2.15. The summed E-state index contributed by atoms with van der Waals surface area (Å²) in [6, 6.07) is 4.59. The van der Waals surface area contributed by atoms with E-state index in [9.17, 15) is 0 Å². The van der Waals surface area contributed by atoms with E-state index in [2.05, 4.69) is 22.0 Å². The summed E-state index contributed by atoms with van der Waals surface area (Å²) in [6.07, 6.45) is 4.13. The topological polar surface area (TPSA) is 42.1 Å². The molecule has 0 unspecified atom stereocenters. The molecular weight excluding hydrogens is 222 g/mol. The number of hydrogen-bond acceptors (Lipinski definition) is 3.